The van der Waals surface area contributed by atoms with Gasteiger partial charge in [0.15, 0.2) is 14.6 Å². The Labute approximate surface area is 165 Å². The number of aryl methyl sites for hydroxylation is 1. The standard InChI is InChI=1S/C19H18N2O5S2/c1-4-21-15-9-8-13(18(23)26-2)11-16(15)27-19(21)20-17(22)12-6-5-7-14(10-12)28(3,24)25/h5-11H,4H2,1-3H3. The Balaban J connectivity index is 2.11. The van der Waals surface area contributed by atoms with Crippen LogP contribution in [0.25, 0.3) is 10.2 Å². The van der Waals surface area contributed by atoms with Gasteiger partial charge in [0.1, 0.15) is 0 Å². The van der Waals surface area contributed by atoms with Gasteiger partial charge < -0.3 is 9.30 Å². The Morgan fingerprint density at radius 1 is 1.14 bits per heavy atom. The zero-order valence-corrected chi connectivity index (χ0v) is 17.1. The van der Waals surface area contributed by atoms with Crippen LogP contribution in [-0.2, 0) is 21.1 Å². The molecule has 0 aliphatic carbocycles. The van der Waals surface area contributed by atoms with Crippen molar-refractivity contribution in [3.05, 3.63) is 58.4 Å². The van der Waals surface area contributed by atoms with Crippen LogP contribution >= 0.6 is 11.3 Å². The highest BCUT2D eigenvalue weighted by Gasteiger charge is 2.14. The normalized spacial score (nSPS) is 12.3. The van der Waals surface area contributed by atoms with Crippen LogP contribution in [0.3, 0.4) is 0 Å². The Hall–Kier alpha value is -2.78. The van der Waals surface area contributed by atoms with Gasteiger partial charge >= 0.3 is 5.97 Å². The lowest BCUT2D eigenvalue weighted by molar-refractivity contribution is 0.0600. The summed E-state index contributed by atoms with van der Waals surface area (Å²) in [6.07, 6.45) is 1.09. The van der Waals surface area contributed by atoms with Gasteiger partial charge in [-0.3, -0.25) is 4.79 Å². The lowest BCUT2D eigenvalue weighted by Gasteiger charge is -2.02. The number of aromatic nitrogens is 1. The summed E-state index contributed by atoms with van der Waals surface area (Å²) in [5, 5.41) is 0. The highest BCUT2D eigenvalue weighted by atomic mass is 32.2. The van der Waals surface area contributed by atoms with Crippen molar-refractivity contribution >= 4 is 43.3 Å². The maximum Gasteiger partial charge on any atom is 0.337 e. The summed E-state index contributed by atoms with van der Waals surface area (Å²) in [6, 6.07) is 10.9. The molecule has 0 saturated carbocycles. The molecule has 0 fully saturated rings. The van der Waals surface area contributed by atoms with Gasteiger partial charge in [-0.15, -0.1) is 0 Å². The minimum atomic E-state index is -3.42. The van der Waals surface area contributed by atoms with E-state index in [1.54, 1.807) is 18.2 Å². The Morgan fingerprint density at radius 2 is 1.89 bits per heavy atom. The van der Waals surface area contributed by atoms with Crippen molar-refractivity contribution in [2.24, 2.45) is 4.99 Å². The summed E-state index contributed by atoms with van der Waals surface area (Å²) in [4.78, 5) is 29.1. The molecule has 0 aliphatic heterocycles. The van der Waals surface area contributed by atoms with E-state index in [4.69, 9.17) is 4.74 Å². The molecular formula is C19H18N2O5S2. The van der Waals surface area contributed by atoms with Gasteiger partial charge in [0.2, 0.25) is 0 Å². The Bertz CT molecular complexity index is 1250. The van der Waals surface area contributed by atoms with Gasteiger partial charge in [0.25, 0.3) is 5.91 Å². The van der Waals surface area contributed by atoms with E-state index in [0.29, 0.717) is 16.9 Å². The number of esters is 1. The minimum absolute atomic E-state index is 0.0657. The molecule has 3 rings (SSSR count). The average molecular weight is 418 g/mol. The molecule has 2 aromatic carbocycles. The van der Waals surface area contributed by atoms with Gasteiger partial charge in [0.05, 0.1) is 27.8 Å². The molecular weight excluding hydrogens is 400 g/mol. The first-order valence-electron chi connectivity index (χ1n) is 8.35. The van der Waals surface area contributed by atoms with Crippen LogP contribution in [0.4, 0.5) is 0 Å². The van der Waals surface area contributed by atoms with Gasteiger partial charge in [-0.2, -0.15) is 4.99 Å². The molecule has 9 heteroatoms. The summed E-state index contributed by atoms with van der Waals surface area (Å²) >= 11 is 1.27. The molecule has 1 heterocycles. The SMILES string of the molecule is CCn1c(=NC(=O)c2cccc(S(C)(=O)=O)c2)sc2cc(C(=O)OC)ccc21. The maximum absolute atomic E-state index is 12.6. The Kier molecular flexibility index (Phi) is 5.48. The molecule has 0 aliphatic rings. The van der Waals surface area contributed by atoms with Crippen molar-refractivity contribution in [3.63, 3.8) is 0 Å². The van der Waals surface area contributed by atoms with Gasteiger partial charge in [-0.25, -0.2) is 13.2 Å². The molecule has 0 radical (unpaired) electrons. The lowest BCUT2D eigenvalue weighted by Crippen LogP contribution is -2.16. The first-order chi connectivity index (χ1) is 13.2. The number of carbonyl (C=O) groups is 2. The number of ether oxygens (including phenoxy) is 1. The van der Waals surface area contributed by atoms with Crippen molar-refractivity contribution in [2.45, 2.75) is 18.4 Å². The molecule has 146 valence electrons. The van der Waals surface area contributed by atoms with E-state index in [1.165, 1.54) is 42.7 Å². The second kappa shape index (κ2) is 7.69. The fourth-order valence-electron chi connectivity index (χ4n) is 2.72. The van der Waals surface area contributed by atoms with Crippen LogP contribution in [0.1, 0.15) is 27.6 Å². The Morgan fingerprint density at radius 3 is 2.54 bits per heavy atom. The van der Waals surface area contributed by atoms with E-state index in [1.807, 2.05) is 11.5 Å². The summed E-state index contributed by atoms with van der Waals surface area (Å²) < 4.78 is 30.8. The minimum Gasteiger partial charge on any atom is -0.465 e. The zero-order valence-electron chi connectivity index (χ0n) is 15.5. The summed E-state index contributed by atoms with van der Waals surface area (Å²) in [7, 11) is -2.10. The molecule has 28 heavy (non-hydrogen) atoms. The smallest absolute Gasteiger partial charge is 0.337 e. The molecule has 1 aromatic heterocycles. The number of benzene rings is 2. The van der Waals surface area contributed by atoms with E-state index < -0.39 is 21.7 Å². The second-order valence-electron chi connectivity index (χ2n) is 6.02. The monoisotopic (exact) mass is 418 g/mol. The lowest BCUT2D eigenvalue weighted by atomic mass is 10.2. The van der Waals surface area contributed by atoms with Gasteiger partial charge in [-0.1, -0.05) is 17.4 Å². The molecule has 0 bridgehead atoms. The van der Waals surface area contributed by atoms with Crippen LogP contribution in [0.5, 0.6) is 0 Å². The predicted octanol–water partition coefficient (Wildman–Crippen LogP) is 2.65. The maximum atomic E-state index is 12.6. The van der Waals surface area contributed by atoms with Crippen molar-refractivity contribution in [2.75, 3.05) is 13.4 Å². The third-order valence-corrected chi connectivity index (χ3v) is 6.28. The largest absolute Gasteiger partial charge is 0.465 e. The van der Waals surface area contributed by atoms with Crippen molar-refractivity contribution in [1.82, 2.24) is 4.57 Å². The molecule has 0 atom stereocenters. The van der Waals surface area contributed by atoms with Crippen molar-refractivity contribution < 1.29 is 22.7 Å². The van der Waals surface area contributed by atoms with Crippen molar-refractivity contribution in [1.29, 1.82) is 0 Å². The highest BCUT2D eigenvalue weighted by molar-refractivity contribution is 7.90. The van der Waals surface area contributed by atoms with E-state index in [0.717, 1.165) is 16.5 Å². The topological polar surface area (TPSA) is 94.8 Å². The van der Waals surface area contributed by atoms with Gasteiger partial charge in [-0.05, 0) is 43.3 Å². The quantitative estimate of drug-likeness (QED) is 0.607. The predicted molar refractivity (Wildman–Crippen MR) is 106 cm³/mol. The molecule has 3 aromatic rings. The first-order valence-corrected chi connectivity index (χ1v) is 11.1. The fourth-order valence-corrected chi connectivity index (χ4v) is 4.52. The zero-order chi connectivity index (χ0) is 20.5. The number of amides is 1. The van der Waals surface area contributed by atoms with Crippen LogP contribution in [0, 0.1) is 0 Å². The average Bonchev–Trinajstić information content (AvgIpc) is 3.02. The number of thiazole rings is 1. The van der Waals surface area contributed by atoms with Crippen LogP contribution < -0.4 is 4.80 Å². The third-order valence-electron chi connectivity index (χ3n) is 4.13. The molecule has 1 amide bonds. The fraction of sp³-hybridized carbons (Fsp3) is 0.211. The molecule has 7 nitrogen and oxygen atoms in total. The van der Waals surface area contributed by atoms with E-state index in [-0.39, 0.29) is 10.5 Å². The van der Waals surface area contributed by atoms with Crippen molar-refractivity contribution in [3.8, 4) is 0 Å². The van der Waals surface area contributed by atoms with E-state index >= 15 is 0 Å². The molecule has 0 spiro atoms. The van der Waals surface area contributed by atoms with Crippen LogP contribution in [-0.4, -0.2) is 38.2 Å². The molecule has 0 unspecified atom stereocenters. The number of hydrogen-bond donors (Lipinski definition) is 0. The number of fused-ring (bicyclic) bond motifs is 1. The number of rotatable bonds is 4. The summed E-state index contributed by atoms with van der Waals surface area (Å²) in [6.45, 7) is 2.50. The number of sulfone groups is 1. The number of hydrogen-bond acceptors (Lipinski definition) is 6. The summed E-state index contributed by atoms with van der Waals surface area (Å²) in [5.74, 6) is -0.974. The van der Waals surface area contributed by atoms with Gasteiger partial charge in [0, 0.05) is 18.4 Å². The van der Waals surface area contributed by atoms with Crippen LogP contribution in [0.2, 0.25) is 0 Å². The first kappa shape index (κ1) is 20.0. The number of methoxy groups -OCH3 is 1. The van der Waals surface area contributed by atoms with E-state index in [2.05, 4.69) is 4.99 Å². The second-order valence-corrected chi connectivity index (χ2v) is 9.04. The summed E-state index contributed by atoms with van der Waals surface area (Å²) in [5.41, 5.74) is 1.45. The molecule has 0 saturated heterocycles. The number of nitrogens with zero attached hydrogens (tertiary/aromatic N) is 2. The highest BCUT2D eigenvalue weighted by Crippen LogP contribution is 2.20. The molecule has 0 N–H and O–H groups in total. The van der Waals surface area contributed by atoms with E-state index in [9.17, 15) is 18.0 Å². The number of carbonyl (C=O) groups excluding carboxylic acids is 2. The van der Waals surface area contributed by atoms with Crippen LogP contribution in [0.15, 0.2) is 52.4 Å². The third kappa shape index (κ3) is 3.90.